The highest BCUT2D eigenvalue weighted by atomic mass is 16.6. The molecule has 0 aliphatic carbocycles. The Morgan fingerprint density at radius 3 is 2.67 bits per heavy atom. The Bertz CT molecular complexity index is 329. The van der Waals surface area contributed by atoms with E-state index in [-0.39, 0.29) is 25.5 Å². The van der Waals surface area contributed by atoms with Crippen molar-refractivity contribution in [3.05, 3.63) is 0 Å². The third-order valence-corrected chi connectivity index (χ3v) is 2.42. The molecule has 7 heteroatoms. The van der Waals surface area contributed by atoms with E-state index < -0.39 is 24.1 Å². The van der Waals surface area contributed by atoms with Crippen LogP contribution in [0.25, 0.3) is 0 Å². The van der Waals surface area contributed by atoms with Gasteiger partial charge in [-0.25, -0.2) is 4.79 Å². The number of ether oxygens (including phenoxy) is 2. The van der Waals surface area contributed by atoms with Gasteiger partial charge in [0.05, 0.1) is 0 Å². The molecule has 2 N–H and O–H groups in total. The predicted molar refractivity (Wildman–Crippen MR) is 59.4 cm³/mol. The van der Waals surface area contributed by atoms with Gasteiger partial charge in [-0.15, -0.1) is 0 Å². The van der Waals surface area contributed by atoms with Crippen molar-refractivity contribution in [1.29, 1.82) is 0 Å². The first-order chi connectivity index (χ1) is 8.52. The van der Waals surface area contributed by atoms with Gasteiger partial charge in [0.2, 0.25) is 5.91 Å². The molecular formula is C11H17NO6. The van der Waals surface area contributed by atoms with Crippen molar-refractivity contribution in [3.63, 3.8) is 0 Å². The maximum atomic E-state index is 11.4. The molecular weight excluding hydrogens is 242 g/mol. The monoisotopic (exact) mass is 259 g/mol. The van der Waals surface area contributed by atoms with Gasteiger partial charge in [-0.2, -0.15) is 0 Å². The topological polar surface area (TPSA) is 102 Å². The molecule has 1 fully saturated rings. The number of hydrogen-bond acceptors (Lipinski definition) is 6. The third kappa shape index (κ3) is 4.70. The molecule has 1 amide bonds. The molecule has 102 valence electrons. The Balaban J connectivity index is 2.17. The zero-order chi connectivity index (χ0) is 13.5. The molecule has 0 radical (unpaired) electrons. The van der Waals surface area contributed by atoms with Gasteiger partial charge in [0, 0.05) is 12.8 Å². The zero-order valence-electron chi connectivity index (χ0n) is 10.2. The van der Waals surface area contributed by atoms with Gasteiger partial charge in [-0.05, 0) is 6.42 Å². The van der Waals surface area contributed by atoms with Crippen molar-refractivity contribution in [2.75, 3.05) is 13.2 Å². The maximum absolute atomic E-state index is 11.4. The number of carbonyl (C=O) groups excluding carboxylic acids is 3. The number of nitrogens with one attached hydrogen (secondary N) is 1. The molecule has 1 rings (SSSR count). The van der Waals surface area contributed by atoms with E-state index in [9.17, 15) is 19.5 Å². The second kappa shape index (κ2) is 6.95. The smallest absolute Gasteiger partial charge is 0.328 e. The largest absolute Gasteiger partial charge is 0.463 e. The molecule has 2 unspecified atom stereocenters. The van der Waals surface area contributed by atoms with Crippen LogP contribution in [-0.4, -0.2) is 48.3 Å². The van der Waals surface area contributed by atoms with Crippen LogP contribution in [0.1, 0.15) is 26.2 Å². The molecule has 2 atom stereocenters. The molecule has 7 nitrogen and oxygen atoms in total. The van der Waals surface area contributed by atoms with Crippen LogP contribution in [0.3, 0.4) is 0 Å². The van der Waals surface area contributed by atoms with Crippen LogP contribution >= 0.6 is 0 Å². The van der Waals surface area contributed by atoms with E-state index in [2.05, 4.69) is 10.1 Å². The Hall–Kier alpha value is -1.63. The van der Waals surface area contributed by atoms with Crippen molar-refractivity contribution in [2.24, 2.45) is 0 Å². The Morgan fingerprint density at radius 1 is 1.44 bits per heavy atom. The van der Waals surface area contributed by atoms with Gasteiger partial charge in [0.25, 0.3) is 0 Å². The number of rotatable bonds is 6. The third-order valence-electron chi connectivity index (χ3n) is 2.42. The van der Waals surface area contributed by atoms with Crippen molar-refractivity contribution < 1.29 is 29.0 Å². The summed E-state index contributed by atoms with van der Waals surface area (Å²) in [5, 5.41) is 11.9. The number of esters is 2. The summed E-state index contributed by atoms with van der Waals surface area (Å²) in [5.41, 5.74) is 0. The fraction of sp³-hybridized carbons (Fsp3) is 0.727. The van der Waals surface area contributed by atoms with E-state index in [0.717, 1.165) is 0 Å². The quantitative estimate of drug-likeness (QED) is 0.601. The van der Waals surface area contributed by atoms with Crippen LogP contribution in [0.4, 0.5) is 0 Å². The number of aliphatic hydroxyl groups excluding tert-OH is 1. The lowest BCUT2D eigenvalue weighted by molar-refractivity contribution is -0.153. The molecule has 0 aromatic carbocycles. The normalized spacial score (nSPS) is 20.1. The van der Waals surface area contributed by atoms with E-state index in [4.69, 9.17) is 4.74 Å². The number of carbonyl (C=O) groups is 3. The molecule has 0 aromatic heterocycles. The van der Waals surface area contributed by atoms with Crippen LogP contribution in [0.2, 0.25) is 0 Å². The minimum Gasteiger partial charge on any atom is -0.463 e. The van der Waals surface area contributed by atoms with E-state index in [1.165, 1.54) is 0 Å². The second-order valence-corrected chi connectivity index (χ2v) is 3.98. The number of hydrogen-bond donors (Lipinski definition) is 2. The van der Waals surface area contributed by atoms with Crippen LogP contribution in [0.15, 0.2) is 0 Å². The molecule has 1 aliphatic heterocycles. The lowest BCUT2D eigenvalue weighted by Gasteiger charge is -2.14. The van der Waals surface area contributed by atoms with Gasteiger partial charge < -0.3 is 19.9 Å². The van der Waals surface area contributed by atoms with Crippen LogP contribution in [0, 0.1) is 0 Å². The van der Waals surface area contributed by atoms with Crippen LogP contribution in [0.5, 0.6) is 0 Å². The Labute approximate surface area is 104 Å². The summed E-state index contributed by atoms with van der Waals surface area (Å²) in [5.74, 6) is -1.19. The molecule has 0 bridgehead atoms. The average molecular weight is 259 g/mol. The minimum absolute atomic E-state index is 0.186. The summed E-state index contributed by atoms with van der Waals surface area (Å²) in [7, 11) is 0. The maximum Gasteiger partial charge on any atom is 0.328 e. The molecule has 1 heterocycles. The Morgan fingerprint density at radius 2 is 2.11 bits per heavy atom. The number of aliphatic hydroxyl groups is 1. The number of amides is 1. The average Bonchev–Trinajstić information content (AvgIpc) is 2.79. The molecule has 1 saturated heterocycles. The first kappa shape index (κ1) is 14.4. The fourth-order valence-electron chi connectivity index (χ4n) is 1.41. The van der Waals surface area contributed by atoms with E-state index in [1.807, 2.05) is 0 Å². The van der Waals surface area contributed by atoms with Crippen molar-refractivity contribution in [1.82, 2.24) is 5.32 Å². The molecule has 18 heavy (non-hydrogen) atoms. The summed E-state index contributed by atoms with van der Waals surface area (Å²) >= 11 is 0. The van der Waals surface area contributed by atoms with Crippen LogP contribution < -0.4 is 5.32 Å². The molecule has 0 spiro atoms. The SMILES string of the molecule is CCC(=O)OCC(O)COC(=O)C1CCC(=O)N1. The summed E-state index contributed by atoms with van der Waals surface area (Å²) in [6.07, 6.45) is -0.128. The molecule has 0 saturated carbocycles. The fourth-order valence-corrected chi connectivity index (χ4v) is 1.41. The summed E-state index contributed by atoms with van der Waals surface area (Å²) in [6, 6.07) is -0.636. The highest BCUT2D eigenvalue weighted by Gasteiger charge is 2.28. The van der Waals surface area contributed by atoms with E-state index in [1.54, 1.807) is 6.92 Å². The predicted octanol–water partition coefficient (Wildman–Crippen LogP) is -0.878. The van der Waals surface area contributed by atoms with Crippen molar-refractivity contribution >= 4 is 17.8 Å². The highest BCUT2D eigenvalue weighted by Crippen LogP contribution is 2.08. The molecule has 0 aromatic rings. The van der Waals surface area contributed by atoms with Gasteiger partial charge >= 0.3 is 11.9 Å². The highest BCUT2D eigenvalue weighted by molar-refractivity contribution is 5.88. The van der Waals surface area contributed by atoms with Crippen molar-refractivity contribution in [2.45, 2.75) is 38.3 Å². The first-order valence-electron chi connectivity index (χ1n) is 5.82. The standard InChI is InChI=1S/C11H17NO6/c1-2-10(15)17-5-7(13)6-18-11(16)8-3-4-9(14)12-8/h7-8,13H,2-6H2,1H3,(H,12,14). The Kier molecular flexibility index (Phi) is 5.57. The van der Waals surface area contributed by atoms with E-state index in [0.29, 0.717) is 12.8 Å². The lowest BCUT2D eigenvalue weighted by atomic mass is 10.2. The van der Waals surface area contributed by atoms with Gasteiger partial charge in [-0.3, -0.25) is 9.59 Å². The first-order valence-corrected chi connectivity index (χ1v) is 5.82. The molecule has 1 aliphatic rings. The zero-order valence-corrected chi connectivity index (χ0v) is 10.2. The van der Waals surface area contributed by atoms with Gasteiger partial charge in [0.1, 0.15) is 25.4 Å². The van der Waals surface area contributed by atoms with Crippen LogP contribution in [-0.2, 0) is 23.9 Å². The van der Waals surface area contributed by atoms with E-state index >= 15 is 0 Å². The van der Waals surface area contributed by atoms with Gasteiger partial charge in [0.15, 0.2) is 0 Å². The summed E-state index contributed by atoms with van der Waals surface area (Å²) in [4.78, 5) is 33.1. The summed E-state index contributed by atoms with van der Waals surface area (Å²) in [6.45, 7) is 1.16. The van der Waals surface area contributed by atoms with Crippen molar-refractivity contribution in [3.8, 4) is 0 Å². The minimum atomic E-state index is -1.05. The lowest BCUT2D eigenvalue weighted by Crippen LogP contribution is -2.36. The van der Waals surface area contributed by atoms with Gasteiger partial charge in [-0.1, -0.05) is 6.92 Å². The second-order valence-electron chi connectivity index (χ2n) is 3.98. The summed E-state index contributed by atoms with van der Waals surface area (Å²) < 4.78 is 9.48.